The molecule has 2 nitrogen and oxygen atoms in total. The fraction of sp³-hybridized carbons (Fsp3) is 0.312. The molecular weight excluding hydrogens is 239 g/mol. The van der Waals surface area contributed by atoms with Gasteiger partial charge in [0.2, 0.25) is 0 Å². The van der Waals surface area contributed by atoms with Gasteiger partial charge in [-0.15, -0.1) is 0 Å². The minimum Gasteiger partial charge on any atom is -0.322 e. The van der Waals surface area contributed by atoms with E-state index in [1.54, 1.807) is 12.3 Å². The SMILES string of the molecule is NC(Cc1ccc2c(c1)CCC2)c1ncccc1F. The molecule has 1 aliphatic rings. The van der Waals surface area contributed by atoms with Crippen LogP contribution in [0.1, 0.15) is 34.8 Å². The van der Waals surface area contributed by atoms with E-state index in [1.807, 2.05) is 0 Å². The van der Waals surface area contributed by atoms with Gasteiger partial charge in [0.15, 0.2) is 0 Å². The Bertz CT molecular complexity index is 595. The highest BCUT2D eigenvalue weighted by molar-refractivity contribution is 5.36. The topological polar surface area (TPSA) is 38.9 Å². The Labute approximate surface area is 112 Å². The summed E-state index contributed by atoms with van der Waals surface area (Å²) in [6.07, 6.45) is 5.77. The quantitative estimate of drug-likeness (QED) is 0.917. The van der Waals surface area contributed by atoms with Gasteiger partial charge in [0.1, 0.15) is 5.82 Å². The molecule has 0 aliphatic heterocycles. The van der Waals surface area contributed by atoms with Crippen LogP contribution < -0.4 is 5.73 Å². The average molecular weight is 256 g/mol. The van der Waals surface area contributed by atoms with Crippen LogP contribution in [0.2, 0.25) is 0 Å². The molecular formula is C16H17FN2. The molecule has 0 bridgehead atoms. The van der Waals surface area contributed by atoms with Gasteiger partial charge in [-0.05, 0) is 54.5 Å². The van der Waals surface area contributed by atoms with Crippen molar-refractivity contribution in [3.63, 3.8) is 0 Å². The lowest BCUT2D eigenvalue weighted by Gasteiger charge is -2.12. The minimum absolute atomic E-state index is 0.323. The van der Waals surface area contributed by atoms with Gasteiger partial charge in [0, 0.05) is 6.20 Å². The monoisotopic (exact) mass is 256 g/mol. The predicted molar refractivity (Wildman–Crippen MR) is 73.3 cm³/mol. The maximum atomic E-state index is 13.6. The summed E-state index contributed by atoms with van der Waals surface area (Å²) in [5, 5.41) is 0. The Morgan fingerprint density at radius 1 is 1.21 bits per heavy atom. The molecule has 0 amide bonds. The number of fused-ring (bicyclic) bond motifs is 1. The Hall–Kier alpha value is -1.74. The summed E-state index contributed by atoms with van der Waals surface area (Å²) in [6, 6.07) is 9.10. The van der Waals surface area contributed by atoms with Crippen molar-refractivity contribution < 1.29 is 4.39 Å². The Morgan fingerprint density at radius 3 is 2.89 bits per heavy atom. The molecule has 1 aliphatic carbocycles. The Kier molecular flexibility index (Phi) is 3.30. The van der Waals surface area contributed by atoms with E-state index in [1.165, 1.54) is 35.6 Å². The van der Waals surface area contributed by atoms with Gasteiger partial charge in [-0.1, -0.05) is 18.2 Å². The largest absolute Gasteiger partial charge is 0.322 e. The van der Waals surface area contributed by atoms with Crippen LogP contribution in [0, 0.1) is 5.82 Å². The summed E-state index contributed by atoms with van der Waals surface area (Å²) in [7, 11) is 0. The van der Waals surface area contributed by atoms with Crippen molar-refractivity contribution in [3.05, 3.63) is 64.7 Å². The Morgan fingerprint density at radius 2 is 2.05 bits per heavy atom. The first-order valence-corrected chi connectivity index (χ1v) is 6.71. The van der Waals surface area contributed by atoms with Crippen molar-refractivity contribution >= 4 is 0 Å². The number of hydrogen-bond acceptors (Lipinski definition) is 2. The number of nitrogens with two attached hydrogens (primary N) is 1. The van der Waals surface area contributed by atoms with Crippen molar-refractivity contribution in [1.82, 2.24) is 4.98 Å². The molecule has 0 saturated heterocycles. The first-order valence-electron chi connectivity index (χ1n) is 6.71. The number of benzene rings is 1. The molecule has 19 heavy (non-hydrogen) atoms. The molecule has 0 saturated carbocycles. The molecule has 1 unspecified atom stereocenters. The zero-order chi connectivity index (χ0) is 13.2. The van der Waals surface area contributed by atoms with Crippen molar-refractivity contribution in [2.24, 2.45) is 5.73 Å². The van der Waals surface area contributed by atoms with Gasteiger partial charge < -0.3 is 5.73 Å². The van der Waals surface area contributed by atoms with E-state index < -0.39 is 0 Å². The summed E-state index contributed by atoms with van der Waals surface area (Å²) in [5.74, 6) is -0.323. The van der Waals surface area contributed by atoms with Crippen molar-refractivity contribution in [2.45, 2.75) is 31.7 Å². The fourth-order valence-corrected chi connectivity index (χ4v) is 2.77. The Balaban J connectivity index is 1.80. The standard InChI is InChI=1S/C16H17FN2/c17-14-5-2-8-19-16(14)15(18)10-11-6-7-12-3-1-4-13(12)9-11/h2,5-9,15H,1,3-4,10,18H2. The van der Waals surface area contributed by atoms with Crippen LogP contribution in [0.25, 0.3) is 0 Å². The smallest absolute Gasteiger partial charge is 0.146 e. The van der Waals surface area contributed by atoms with E-state index in [0.29, 0.717) is 12.1 Å². The predicted octanol–water partition coefficient (Wildman–Crippen LogP) is 2.95. The molecule has 1 aromatic heterocycles. The third kappa shape index (κ3) is 2.51. The summed E-state index contributed by atoms with van der Waals surface area (Å²) < 4.78 is 13.6. The fourth-order valence-electron chi connectivity index (χ4n) is 2.77. The van der Waals surface area contributed by atoms with Gasteiger partial charge in [-0.25, -0.2) is 4.39 Å². The summed E-state index contributed by atoms with van der Waals surface area (Å²) in [5.41, 5.74) is 10.5. The second kappa shape index (κ2) is 5.10. The van der Waals surface area contributed by atoms with E-state index in [2.05, 4.69) is 23.2 Å². The van der Waals surface area contributed by atoms with Crippen LogP contribution in [-0.2, 0) is 19.3 Å². The van der Waals surface area contributed by atoms with E-state index in [9.17, 15) is 4.39 Å². The molecule has 2 aromatic rings. The minimum atomic E-state index is -0.388. The van der Waals surface area contributed by atoms with E-state index in [4.69, 9.17) is 5.73 Å². The number of halogens is 1. The first kappa shape index (κ1) is 12.3. The van der Waals surface area contributed by atoms with E-state index in [-0.39, 0.29) is 11.9 Å². The molecule has 0 fully saturated rings. The molecule has 3 heteroatoms. The van der Waals surface area contributed by atoms with Crippen LogP contribution >= 0.6 is 0 Å². The van der Waals surface area contributed by atoms with Gasteiger partial charge >= 0.3 is 0 Å². The molecule has 1 atom stereocenters. The number of nitrogens with zero attached hydrogens (tertiary/aromatic N) is 1. The van der Waals surface area contributed by atoms with Crippen molar-refractivity contribution in [1.29, 1.82) is 0 Å². The summed E-state index contributed by atoms with van der Waals surface area (Å²) in [4.78, 5) is 4.05. The lowest BCUT2D eigenvalue weighted by Crippen LogP contribution is -2.16. The number of aromatic nitrogens is 1. The summed E-state index contributed by atoms with van der Waals surface area (Å²) >= 11 is 0. The normalized spacial score (nSPS) is 15.3. The van der Waals surface area contributed by atoms with Gasteiger partial charge in [0.25, 0.3) is 0 Å². The molecule has 3 rings (SSSR count). The van der Waals surface area contributed by atoms with Crippen LogP contribution in [-0.4, -0.2) is 4.98 Å². The third-order valence-corrected chi connectivity index (χ3v) is 3.76. The number of pyridine rings is 1. The maximum absolute atomic E-state index is 13.6. The molecule has 1 aromatic carbocycles. The van der Waals surface area contributed by atoms with Gasteiger partial charge in [0.05, 0.1) is 11.7 Å². The lowest BCUT2D eigenvalue weighted by atomic mass is 9.99. The van der Waals surface area contributed by atoms with Gasteiger partial charge in [-0.3, -0.25) is 4.98 Å². The van der Waals surface area contributed by atoms with Crippen LogP contribution in [0.5, 0.6) is 0 Å². The van der Waals surface area contributed by atoms with E-state index >= 15 is 0 Å². The van der Waals surface area contributed by atoms with E-state index in [0.717, 1.165) is 6.42 Å². The highest BCUT2D eigenvalue weighted by Crippen LogP contribution is 2.25. The van der Waals surface area contributed by atoms with Crippen LogP contribution in [0.15, 0.2) is 36.5 Å². The molecule has 0 radical (unpaired) electrons. The first-order chi connectivity index (χ1) is 9.24. The highest BCUT2D eigenvalue weighted by atomic mass is 19.1. The molecule has 1 heterocycles. The van der Waals surface area contributed by atoms with Crippen molar-refractivity contribution in [3.8, 4) is 0 Å². The van der Waals surface area contributed by atoms with Crippen molar-refractivity contribution in [2.75, 3.05) is 0 Å². The molecule has 0 spiro atoms. The number of rotatable bonds is 3. The third-order valence-electron chi connectivity index (χ3n) is 3.76. The second-order valence-electron chi connectivity index (χ2n) is 5.14. The molecule has 2 N–H and O–H groups in total. The van der Waals surface area contributed by atoms with Crippen LogP contribution in [0.3, 0.4) is 0 Å². The zero-order valence-electron chi connectivity index (χ0n) is 10.8. The van der Waals surface area contributed by atoms with Crippen LogP contribution in [0.4, 0.5) is 4.39 Å². The average Bonchev–Trinajstić information content (AvgIpc) is 2.86. The summed E-state index contributed by atoms with van der Waals surface area (Å²) in [6.45, 7) is 0. The van der Waals surface area contributed by atoms with Gasteiger partial charge in [-0.2, -0.15) is 0 Å². The number of aryl methyl sites for hydroxylation is 2. The second-order valence-corrected chi connectivity index (χ2v) is 5.14. The zero-order valence-corrected chi connectivity index (χ0v) is 10.8. The maximum Gasteiger partial charge on any atom is 0.146 e. The molecule has 98 valence electrons. The highest BCUT2D eigenvalue weighted by Gasteiger charge is 2.15. The number of hydrogen-bond donors (Lipinski definition) is 1. The lowest BCUT2D eigenvalue weighted by molar-refractivity contribution is 0.564.